The zero-order chi connectivity index (χ0) is 18.7. The van der Waals surface area contributed by atoms with Gasteiger partial charge in [-0.05, 0) is 26.9 Å². The summed E-state index contributed by atoms with van der Waals surface area (Å²) in [5, 5.41) is 7.69. The molecule has 1 aliphatic heterocycles. The molecule has 0 atom stereocenters. The van der Waals surface area contributed by atoms with Gasteiger partial charge in [-0.15, -0.1) is 0 Å². The number of aromatic nitrogens is 2. The lowest BCUT2D eigenvalue weighted by atomic mass is 9.96. The fourth-order valence-electron chi connectivity index (χ4n) is 4.07. The third kappa shape index (κ3) is 3.70. The van der Waals surface area contributed by atoms with Gasteiger partial charge in [-0.1, -0.05) is 12.8 Å². The van der Waals surface area contributed by atoms with Crippen molar-refractivity contribution in [2.24, 2.45) is 12.0 Å². The molecule has 3 rings (SSSR count). The van der Waals surface area contributed by atoms with Crippen LogP contribution in [0, 0.1) is 0 Å². The van der Waals surface area contributed by atoms with E-state index in [1.165, 1.54) is 25.7 Å². The van der Waals surface area contributed by atoms with E-state index in [0.717, 1.165) is 24.7 Å². The lowest BCUT2D eigenvalue weighted by molar-refractivity contribution is -0.120. The van der Waals surface area contributed by atoms with Gasteiger partial charge in [0.15, 0.2) is 5.96 Å². The summed E-state index contributed by atoms with van der Waals surface area (Å²) >= 11 is 0. The molecule has 1 saturated heterocycles. The molecular weight excluding hydrogens is 330 g/mol. The topological polar surface area (TPSA) is 69.0 Å². The van der Waals surface area contributed by atoms with Crippen molar-refractivity contribution in [1.82, 2.24) is 24.9 Å². The van der Waals surface area contributed by atoms with Crippen molar-refractivity contribution >= 4 is 17.6 Å². The van der Waals surface area contributed by atoms with E-state index in [-0.39, 0.29) is 11.4 Å². The molecule has 0 radical (unpaired) electrons. The summed E-state index contributed by atoms with van der Waals surface area (Å²) in [6.07, 6.45) is 8.58. The summed E-state index contributed by atoms with van der Waals surface area (Å²) in [5.41, 5.74) is 1.05. The number of hydrogen-bond donors (Lipinski definition) is 1. The highest BCUT2D eigenvalue weighted by Crippen LogP contribution is 2.33. The summed E-state index contributed by atoms with van der Waals surface area (Å²) in [5.74, 6) is 0.896. The molecule has 1 saturated carbocycles. The first-order chi connectivity index (χ1) is 12.4. The SMILES string of the molecule is CN=C(NCC1(N(C)C)CCCC1)N1CCN(c2cnn(C)c2)C(=O)C1. The summed E-state index contributed by atoms with van der Waals surface area (Å²) in [6.45, 7) is 2.60. The Bertz CT molecular complexity index is 660. The first-order valence-electron chi connectivity index (χ1n) is 9.37. The van der Waals surface area contributed by atoms with Crippen LogP contribution in [0.15, 0.2) is 17.4 Å². The van der Waals surface area contributed by atoms with Gasteiger partial charge in [-0.25, -0.2) is 0 Å². The number of aryl methyl sites for hydroxylation is 1. The van der Waals surface area contributed by atoms with Crippen molar-refractivity contribution < 1.29 is 4.79 Å². The average Bonchev–Trinajstić information content (AvgIpc) is 3.25. The minimum Gasteiger partial charge on any atom is -0.354 e. The van der Waals surface area contributed by atoms with E-state index in [1.807, 2.05) is 18.1 Å². The monoisotopic (exact) mass is 361 g/mol. The lowest BCUT2D eigenvalue weighted by Crippen LogP contribution is -2.58. The number of carbonyl (C=O) groups is 1. The normalized spacial score (nSPS) is 21.0. The standard InChI is InChI=1S/C18H31N7O/c1-19-17(20-14-18(22(2)3)7-5-6-8-18)24-9-10-25(16(26)13-24)15-11-21-23(4)12-15/h11-12H,5-10,13-14H2,1-4H3,(H,19,20). The zero-order valence-electron chi connectivity index (χ0n) is 16.4. The van der Waals surface area contributed by atoms with E-state index >= 15 is 0 Å². The molecule has 0 unspecified atom stereocenters. The molecule has 8 nitrogen and oxygen atoms in total. The molecule has 2 aliphatic rings. The highest BCUT2D eigenvalue weighted by molar-refractivity contribution is 5.98. The minimum atomic E-state index is 0.0791. The summed E-state index contributed by atoms with van der Waals surface area (Å²) in [4.78, 5) is 23.2. The summed E-state index contributed by atoms with van der Waals surface area (Å²) < 4.78 is 1.72. The Morgan fingerprint density at radius 1 is 1.35 bits per heavy atom. The number of nitrogens with one attached hydrogen (secondary N) is 1. The summed E-state index contributed by atoms with van der Waals surface area (Å²) in [7, 11) is 7.97. The number of hydrogen-bond acceptors (Lipinski definition) is 4. The quantitative estimate of drug-likeness (QED) is 0.625. The number of piperazine rings is 1. The van der Waals surface area contributed by atoms with Gasteiger partial charge in [0.05, 0.1) is 11.9 Å². The van der Waals surface area contributed by atoms with Gasteiger partial charge in [0, 0.05) is 45.5 Å². The third-order valence-corrected chi connectivity index (χ3v) is 5.79. The lowest BCUT2D eigenvalue weighted by Gasteiger charge is -2.39. The molecule has 144 valence electrons. The van der Waals surface area contributed by atoms with Gasteiger partial charge in [0.1, 0.15) is 6.54 Å². The van der Waals surface area contributed by atoms with E-state index in [9.17, 15) is 4.79 Å². The van der Waals surface area contributed by atoms with Crippen LogP contribution in [0.1, 0.15) is 25.7 Å². The fourth-order valence-corrected chi connectivity index (χ4v) is 4.07. The van der Waals surface area contributed by atoms with Crippen LogP contribution < -0.4 is 10.2 Å². The highest BCUT2D eigenvalue weighted by atomic mass is 16.2. The van der Waals surface area contributed by atoms with Crippen LogP contribution in [-0.4, -0.2) is 84.3 Å². The van der Waals surface area contributed by atoms with Gasteiger partial charge in [0.25, 0.3) is 0 Å². The molecule has 1 amide bonds. The number of anilines is 1. The molecule has 1 aromatic heterocycles. The van der Waals surface area contributed by atoms with Crippen molar-refractivity contribution in [1.29, 1.82) is 0 Å². The Hall–Kier alpha value is -2.09. The largest absolute Gasteiger partial charge is 0.354 e. The van der Waals surface area contributed by atoms with E-state index in [2.05, 4.69) is 34.4 Å². The van der Waals surface area contributed by atoms with Crippen molar-refractivity contribution in [3.63, 3.8) is 0 Å². The van der Waals surface area contributed by atoms with Gasteiger partial charge >= 0.3 is 0 Å². The second-order valence-electron chi connectivity index (χ2n) is 7.57. The molecule has 0 bridgehead atoms. The zero-order valence-corrected chi connectivity index (χ0v) is 16.4. The van der Waals surface area contributed by atoms with Crippen molar-refractivity contribution in [3.05, 3.63) is 12.4 Å². The van der Waals surface area contributed by atoms with E-state index in [0.29, 0.717) is 13.1 Å². The van der Waals surface area contributed by atoms with Crippen LogP contribution in [0.5, 0.6) is 0 Å². The molecule has 0 aromatic carbocycles. The van der Waals surface area contributed by atoms with Crippen molar-refractivity contribution in [3.8, 4) is 0 Å². The number of rotatable bonds is 4. The molecule has 1 aromatic rings. The predicted octanol–water partition coefficient (Wildman–Crippen LogP) is 0.519. The molecule has 2 heterocycles. The number of aliphatic imine (C=N–C) groups is 1. The maximum absolute atomic E-state index is 12.6. The van der Waals surface area contributed by atoms with Crippen LogP contribution in [0.2, 0.25) is 0 Å². The molecule has 8 heteroatoms. The van der Waals surface area contributed by atoms with Crippen LogP contribution in [-0.2, 0) is 11.8 Å². The number of carbonyl (C=O) groups excluding carboxylic acids is 1. The maximum Gasteiger partial charge on any atom is 0.246 e. The smallest absolute Gasteiger partial charge is 0.246 e. The number of amides is 1. The molecule has 26 heavy (non-hydrogen) atoms. The van der Waals surface area contributed by atoms with Crippen molar-refractivity contribution in [2.45, 2.75) is 31.2 Å². The molecular formula is C18H31N7O. The number of nitrogens with zero attached hydrogens (tertiary/aromatic N) is 6. The first kappa shape index (κ1) is 18.7. The van der Waals surface area contributed by atoms with Crippen LogP contribution >= 0.6 is 0 Å². The third-order valence-electron chi connectivity index (χ3n) is 5.79. The van der Waals surface area contributed by atoms with Crippen molar-refractivity contribution in [2.75, 3.05) is 52.2 Å². The number of guanidine groups is 1. The minimum absolute atomic E-state index is 0.0791. The Labute approximate surface area is 155 Å². The second kappa shape index (κ2) is 7.65. The predicted molar refractivity (Wildman–Crippen MR) is 103 cm³/mol. The summed E-state index contributed by atoms with van der Waals surface area (Å²) in [6, 6.07) is 0. The number of likely N-dealkylation sites (N-methyl/N-ethyl adjacent to an activating group) is 1. The Balaban J connectivity index is 1.60. The van der Waals surface area contributed by atoms with Gasteiger partial charge < -0.3 is 20.0 Å². The fraction of sp³-hybridized carbons (Fsp3) is 0.722. The van der Waals surface area contributed by atoms with E-state index < -0.39 is 0 Å². The van der Waals surface area contributed by atoms with Gasteiger partial charge in [0.2, 0.25) is 5.91 Å². The molecule has 1 N–H and O–H groups in total. The average molecular weight is 361 g/mol. The Kier molecular flexibility index (Phi) is 5.50. The van der Waals surface area contributed by atoms with Crippen LogP contribution in [0.25, 0.3) is 0 Å². The molecule has 0 spiro atoms. The second-order valence-corrected chi connectivity index (χ2v) is 7.57. The highest BCUT2D eigenvalue weighted by Gasteiger charge is 2.36. The first-order valence-corrected chi connectivity index (χ1v) is 9.37. The Morgan fingerprint density at radius 3 is 2.62 bits per heavy atom. The molecule has 1 aliphatic carbocycles. The molecule has 2 fully saturated rings. The van der Waals surface area contributed by atoms with Gasteiger partial charge in [-0.2, -0.15) is 5.10 Å². The van der Waals surface area contributed by atoms with Gasteiger partial charge in [-0.3, -0.25) is 14.5 Å². The van der Waals surface area contributed by atoms with E-state index in [1.54, 1.807) is 22.8 Å². The Morgan fingerprint density at radius 2 is 2.08 bits per heavy atom. The van der Waals surface area contributed by atoms with Crippen LogP contribution in [0.3, 0.4) is 0 Å². The van der Waals surface area contributed by atoms with Crippen LogP contribution in [0.4, 0.5) is 5.69 Å². The maximum atomic E-state index is 12.6. The van der Waals surface area contributed by atoms with E-state index in [4.69, 9.17) is 0 Å².